The topological polar surface area (TPSA) is 3.24 Å². The lowest BCUT2D eigenvalue weighted by Crippen LogP contribution is -2.18. The van der Waals surface area contributed by atoms with Crippen LogP contribution in [0.5, 0.6) is 0 Å². The van der Waals surface area contributed by atoms with Crippen molar-refractivity contribution in [3.05, 3.63) is 28.8 Å². The summed E-state index contributed by atoms with van der Waals surface area (Å²) in [4.78, 5) is 2.23. The Hall–Kier alpha value is -0.500. The molecule has 0 fully saturated rings. The first-order chi connectivity index (χ1) is 7.27. The summed E-state index contributed by atoms with van der Waals surface area (Å²) < 4.78 is 0. The van der Waals surface area contributed by atoms with E-state index in [4.69, 9.17) is 0 Å². The fourth-order valence-electron chi connectivity index (χ4n) is 2.05. The smallest absolute Gasteiger partial charge is 0.0732 e. The van der Waals surface area contributed by atoms with Gasteiger partial charge in [-0.3, -0.25) is 0 Å². The third-order valence-electron chi connectivity index (χ3n) is 2.92. The Balaban J connectivity index is 3.28. The van der Waals surface area contributed by atoms with E-state index in [0.29, 0.717) is 0 Å². The zero-order valence-corrected chi connectivity index (χ0v) is 12.8. The summed E-state index contributed by atoms with van der Waals surface area (Å²) in [5.41, 5.74) is 6.54. The van der Waals surface area contributed by atoms with Gasteiger partial charge in [0.05, 0.1) is 5.45 Å². The molecule has 1 rings (SSSR count). The summed E-state index contributed by atoms with van der Waals surface area (Å²) in [6, 6.07) is 4.61. The van der Waals surface area contributed by atoms with Crippen LogP contribution in [0.2, 0.25) is 0 Å². The minimum Gasteiger partial charge on any atom is -0.364 e. The maximum atomic E-state index is 3.50. The molecule has 0 heterocycles. The van der Waals surface area contributed by atoms with Crippen LogP contribution in [0.4, 0.5) is 5.69 Å². The maximum Gasteiger partial charge on any atom is 0.0732 e. The van der Waals surface area contributed by atoms with Crippen molar-refractivity contribution in [3.8, 4) is 0 Å². The number of nitrogens with zero attached hydrogens (tertiary/aromatic N) is 1. The number of hydrogen-bond donors (Lipinski definition) is 0. The predicted molar refractivity (Wildman–Crippen MR) is 76.8 cm³/mol. The largest absolute Gasteiger partial charge is 0.364 e. The van der Waals surface area contributed by atoms with Crippen LogP contribution in [-0.2, 0) is 5.41 Å². The number of benzene rings is 1. The summed E-state index contributed by atoms with van der Waals surface area (Å²) in [6.45, 7) is 11.2. The number of alkyl halides is 1. The second kappa shape index (κ2) is 4.79. The first-order valence-electron chi connectivity index (χ1n) is 5.66. The Bertz CT molecular complexity index is 354. The SMILES string of the molecule is Cc1cc(C(C)(C)C)cc(C)c1N(C)CBr. The zero-order chi connectivity index (χ0) is 12.5. The van der Waals surface area contributed by atoms with E-state index < -0.39 is 0 Å². The molecule has 0 saturated heterocycles. The monoisotopic (exact) mass is 283 g/mol. The first-order valence-corrected chi connectivity index (χ1v) is 6.78. The lowest BCUT2D eigenvalue weighted by molar-refractivity contribution is 0.589. The fraction of sp³-hybridized carbons (Fsp3) is 0.571. The Kier molecular flexibility index (Phi) is 4.06. The average Bonchev–Trinajstić information content (AvgIpc) is 2.14. The van der Waals surface area contributed by atoms with Crippen LogP contribution < -0.4 is 4.90 Å². The standard InChI is InChI=1S/C14H22BrN/c1-10-7-12(14(3,4)5)8-11(2)13(10)16(6)9-15/h7-8H,9H2,1-6H3. The number of anilines is 1. The highest BCUT2D eigenvalue weighted by molar-refractivity contribution is 9.09. The van der Waals surface area contributed by atoms with Crippen molar-refractivity contribution >= 4 is 21.6 Å². The second-order valence-corrected chi connectivity index (χ2v) is 6.03. The molecule has 2 heteroatoms. The molecule has 0 spiro atoms. The Labute approximate surface area is 108 Å². The molecule has 0 unspecified atom stereocenters. The molecule has 0 aliphatic heterocycles. The minimum atomic E-state index is 0.223. The molecule has 0 amide bonds. The van der Waals surface area contributed by atoms with Gasteiger partial charge in [0, 0.05) is 12.7 Å². The van der Waals surface area contributed by atoms with E-state index in [0.717, 1.165) is 5.45 Å². The lowest BCUT2D eigenvalue weighted by Gasteiger charge is -2.26. The molecule has 16 heavy (non-hydrogen) atoms. The van der Waals surface area contributed by atoms with Crippen LogP contribution in [0.3, 0.4) is 0 Å². The highest BCUT2D eigenvalue weighted by Gasteiger charge is 2.17. The van der Waals surface area contributed by atoms with Gasteiger partial charge in [-0.15, -0.1) is 0 Å². The normalized spacial score (nSPS) is 11.7. The van der Waals surface area contributed by atoms with E-state index in [-0.39, 0.29) is 5.41 Å². The van der Waals surface area contributed by atoms with Crippen LogP contribution in [0, 0.1) is 13.8 Å². The molecule has 0 aromatic heterocycles. The molecule has 0 bridgehead atoms. The Morgan fingerprint density at radius 3 is 1.88 bits per heavy atom. The summed E-state index contributed by atoms with van der Waals surface area (Å²) >= 11 is 3.50. The van der Waals surface area contributed by atoms with E-state index in [1.54, 1.807) is 0 Å². The molecule has 0 aliphatic carbocycles. The fourth-order valence-corrected chi connectivity index (χ4v) is 2.30. The average molecular weight is 284 g/mol. The highest BCUT2D eigenvalue weighted by Crippen LogP contribution is 2.31. The Morgan fingerprint density at radius 2 is 1.56 bits per heavy atom. The van der Waals surface area contributed by atoms with E-state index >= 15 is 0 Å². The number of hydrogen-bond acceptors (Lipinski definition) is 1. The molecule has 0 aliphatic rings. The quantitative estimate of drug-likeness (QED) is 0.575. The van der Waals surface area contributed by atoms with Gasteiger partial charge in [-0.2, -0.15) is 0 Å². The molecule has 1 nitrogen and oxygen atoms in total. The van der Waals surface area contributed by atoms with Crippen molar-refractivity contribution in [2.24, 2.45) is 0 Å². The molecule has 90 valence electrons. The third kappa shape index (κ3) is 2.79. The van der Waals surface area contributed by atoms with Gasteiger partial charge in [0.1, 0.15) is 0 Å². The van der Waals surface area contributed by atoms with Crippen molar-refractivity contribution < 1.29 is 0 Å². The molecule has 0 N–H and O–H groups in total. The zero-order valence-electron chi connectivity index (χ0n) is 11.2. The molecular formula is C14H22BrN. The summed E-state index contributed by atoms with van der Waals surface area (Å²) in [7, 11) is 2.11. The van der Waals surface area contributed by atoms with E-state index in [9.17, 15) is 0 Å². The molecule has 0 radical (unpaired) electrons. The van der Waals surface area contributed by atoms with Crippen LogP contribution >= 0.6 is 15.9 Å². The maximum absolute atomic E-state index is 3.50. The van der Waals surface area contributed by atoms with Crippen LogP contribution in [0.1, 0.15) is 37.5 Å². The van der Waals surface area contributed by atoms with Crippen molar-refractivity contribution in [1.82, 2.24) is 0 Å². The summed E-state index contributed by atoms with van der Waals surface area (Å²) in [5.74, 6) is 0. The van der Waals surface area contributed by atoms with Crippen LogP contribution in [0.25, 0.3) is 0 Å². The van der Waals surface area contributed by atoms with Crippen molar-refractivity contribution in [2.45, 2.75) is 40.0 Å². The van der Waals surface area contributed by atoms with Gasteiger partial charge in [-0.1, -0.05) is 48.8 Å². The molecule has 1 aromatic carbocycles. The van der Waals surface area contributed by atoms with Gasteiger partial charge in [0.2, 0.25) is 0 Å². The van der Waals surface area contributed by atoms with Gasteiger partial charge in [0.15, 0.2) is 0 Å². The van der Waals surface area contributed by atoms with Crippen molar-refractivity contribution in [3.63, 3.8) is 0 Å². The van der Waals surface area contributed by atoms with Gasteiger partial charge in [0.25, 0.3) is 0 Å². The predicted octanol–water partition coefficient (Wildman–Crippen LogP) is 4.39. The van der Waals surface area contributed by atoms with Crippen LogP contribution in [0.15, 0.2) is 12.1 Å². The molecular weight excluding hydrogens is 262 g/mol. The minimum absolute atomic E-state index is 0.223. The Morgan fingerprint density at radius 1 is 1.12 bits per heavy atom. The van der Waals surface area contributed by atoms with Gasteiger partial charge in [-0.05, 0) is 36.0 Å². The summed E-state index contributed by atoms with van der Waals surface area (Å²) in [6.07, 6.45) is 0. The molecule has 0 atom stereocenters. The summed E-state index contributed by atoms with van der Waals surface area (Å²) in [5, 5.41) is 0. The van der Waals surface area contributed by atoms with E-state index in [2.05, 4.69) is 74.6 Å². The van der Waals surface area contributed by atoms with Gasteiger partial charge >= 0.3 is 0 Å². The molecule has 1 aromatic rings. The van der Waals surface area contributed by atoms with Gasteiger partial charge < -0.3 is 4.90 Å². The van der Waals surface area contributed by atoms with Gasteiger partial charge in [-0.25, -0.2) is 0 Å². The number of rotatable bonds is 2. The first kappa shape index (κ1) is 13.6. The van der Waals surface area contributed by atoms with Crippen molar-refractivity contribution in [1.29, 1.82) is 0 Å². The van der Waals surface area contributed by atoms with Crippen LogP contribution in [-0.4, -0.2) is 12.5 Å². The third-order valence-corrected chi connectivity index (χ3v) is 3.67. The lowest BCUT2D eigenvalue weighted by atomic mass is 9.84. The highest BCUT2D eigenvalue weighted by atomic mass is 79.9. The number of aryl methyl sites for hydroxylation is 2. The van der Waals surface area contributed by atoms with E-state index in [1.807, 2.05) is 0 Å². The van der Waals surface area contributed by atoms with E-state index in [1.165, 1.54) is 22.4 Å². The molecule has 0 saturated carbocycles. The number of halogens is 1. The second-order valence-electron chi connectivity index (χ2n) is 5.53. The van der Waals surface area contributed by atoms with Crippen molar-refractivity contribution in [2.75, 3.05) is 17.4 Å².